The molecule has 2 heterocycles. The van der Waals surface area contributed by atoms with Gasteiger partial charge in [-0.2, -0.15) is 0 Å². The molecule has 0 aliphatic carbocycles. The van der Waals surface area contributed by atoms with E-state index in [9.17, 15) is 18.0 Å². The van der Waals surface area contributed by atoms with Gasteiger partial charge in [-0.1, -0.05) is 15.9 Å². The lowest BCUT2D eigenvalue weighted by molar-refractivity contribution is 0.0240. The van der Waals surface area contributed by atoms with Crippen LogP contribution in [0.3, 0.4) is 0 Å². The first-order valence-electron chi connectivity index (χ1n) is 10.8. The van der Waals surface area contributed by atoms with Gasteiger partial charge in [-0.15, -0.1) is 0 Å². The third-order valence-electron chi connectivity index (χ3n) is 5.58. The van der Waals surface area contributed by atoms with E-state index < -0.39 is 15.6 Å². The number of fused-ring (bicyclic) bond motifs is 1. The molecule has 0 bridgehead atoms. The Hall–Kier alpha value is -2.85. The third-order valence-corrected chi connectivity index (χ3v) is 7.80. The second-order valence-corrected chi connectivity index (χ2v) is 11.8. The second kappa shape index (κ2) is 9.07. The van der Waals surface area contributed by atoms with Crippen molar-refractivity contribution < 1.29 is 22.7 Å². The number of aldehydes is 1. The Morgan fingerprint density at radius 2 is 1.68 bits per heavy atom. The van der Waals surface area contributed by atoms with Gasteiger partial charge in [0.15, 0.2) is 6.29 Å². The van der Waals surface area contributed by atoms with Gasteiger partial charge in [0.1, 0.15) is 5.60 Å². The molecule has 0 unspecified atom stereocenters. The van der Waals surface area contributed by atoms with Crippen molar-refractivity contribution in [2.24, 2.45) is 0 Å². The molecule has 1 fully saturated rings. The van der Waals surface area contributed by atoms with Crippen molar-refractivity contribution in [1.82, 2.24) is 8.87 Å². The summed E-state index contributed by atoms with van der Waals surface area (Å²) in [4.78, 5) is 28.0. The van der Waals surface area contributed by atoms with Gasteiger partial charge in [0.25, 0.3) is 10.0 Å². The van der Waals surface area contributed by atoms with Crippen LogP contribution in [0, 0.1) is 0 Å². The summed E-state index contributed by atoms with van der Waals surface area (Å²) in [5, 5.41) is 0.558. The van der Waals surface area contributed by atoms with Crippen molar-refractivity contribution in [3.63, 3.8) is 0 Å². The minimum Gasteiger partial charge on any atom is -0.444 e. The average Bonchev–Trinajstić information content (AvgIpc) is 3.17. The number of carbonyl (C=O) groups excluding carboxylic acids is 2. The highest BCUT2D eigenvalue weighted by Crippen LogP contribution is 2.30. The maximum absolute atomic E-state index is 13.2. The molecular formula is C24H26BrN3O5S. The highest BCUT2D eigenvalue weighted by molar-refractivity contribution is 9.10. The highest BCUT2D eigenvalue weighted by atomic mass is 79.9. The molecular weight excluding hydrogens is 522 g/mol. The van der Waals surface area contributed by atoms with Crippen LogP contribution in [0.15, 0.2) is 58.0 Å². The fraction of sp³-hybridized carbons (Fsp3) is 0.333. The Morgan fingerprint density at radius 1 is 1.03 bits per heavy atom. The molecule has 3 aromatic rings. The van der Waals surface area contributed by atoms with Gasteiger partial charge in [-0.05, 0) is 63.2 Å². The zero-order valence-electron chi connectivity index (χ0n) is 19.2. The maximum atomic E-state index is 13.2. The molecule has 4 rings (SSSR count). The minimum absolute atomic E-state index is 0.132. The monoisotopic (exact) mass is 547 g/mol. The van der Waals surface area contributed by atoms with Crippen LogP contribution in [0.5, 0.6) is 0 Å². The molecule has 0 atom stereocenters. The molecule has 8 nitrogen and oxygen atoms in total. The van der Waals surface area contributed by atoms with E-state index >= 15 is 0 Å². The van der Waals surface area contributed by atoms with Crippen LogP contribution in [0.2, 0.25) is 0 Å². The van der Waals surface area contributed by atoms with Crippen LogP contribution < -0.4 is 4.90 Å². The predicted molar refractivity (Wildman–Crippen MR) is 134 cm³/mol. The van der Waals surface area contributed by atoms with E-state index in [0.29, 0.717) is 48.9 Å². The fourth-order valence-electron chi connectivity index (χ4n) is 3.90. The standard InChI is InChI=1S/C24H26BrN3O5S/c1-24(2,3)33-23(30)27-12-10-26(11-13-27)19-6-9-22-21(14-19)17(16-29)15-28(22)34(31,32)20-7-4-18(25)5-8-20/h4-9,14-16H,10-13H2,1-3H3. The molecule has 180 valence electrons. The Kier molecular flexibility index (Phi) is 6.48. The van der Waals surface area contributed by atoms with Crippen molar-refractivity contribution in [2.75, 3.05) is 31.1 Å². The van der Waals surface area contributed by atoms with Crippen molar-refractivity contribution in [1.29, 1.82) is 0 Å². The average molecular weight is 548 g/mol. The van der Waals surface area contributed by atoms with Gasteiger partial charge in [0.05, 0.1) is 10.4 Å². The van der Waals surface area contributed by atoms with E-state index in [1.165, 1.54) is 18.3 Å². The molecule has 1 saturated heterocycles. The first-order valence-corrected chi connectivity index (χ1v) is 13.1. The van der Waals surface area contributed by atoms with E-state index in [4.69, 9.17) is 4.74 Å². The molecule has 0 N–H and O–H groups in total. The number of nitrogens with zero attached hydrogens (tertiary/aromatic N) is 3. The van der Waals surface area contributed by atoms with E-state index in [-0.39, 0.29) is 11.0 Å². The lowest BCUT2D eigenvalue weighted by atomic mass is 10.1. The zero-order valence-corrected chi connectivity index (χ0v) is 21.6. The van der Waals surface area contributed by atoms with Crippen LogP contribution in [-0.2, 0) is 14.8 Å². The van der Waals surface area contributed by atoms with Crippen molar-refractivity contribution in [2.45, 2.75) is 31.3 Å². The molecule has 34 heavy (non-hydrogen) atoms. The summed E-state index contributed by atoms with van der Waals surface area (Å²) in [6.45, 7) is 7.72. The Balaban J connectivity index is 1.60. The van der Waals surface area contributed by atoms with Gasteiger partial charge in [-0.3, -0.25) is 4.79 Å². The number of hydrogen-bond donors (Lipinski definition) is 0. The van der Waals surface area contributed by atoms with Crippen LogP contribution in [-0.4, -0.2) is 61.4 Å². The lowest BCUT2D eigenvalue weighted by Crippen LogP contribution is -2.50. The van der Waals surface area contributed by atoms with Crippen molar-refractivity contribution >= 4 is 54.9 Å². The van der Waals surface area contributed by atoms with E-state index in [1.54, 1.807) is 23.1 Å². The number of carbonyl (C=O) groups is 2. The SMILES string of the molecule is CC(C)(C)OC(=O)N1CCN(c2ccc3c(c2)c(C=O)cn3S(=O)(=O)c2ccc(Br)cc2)CC1. The lowest BCUT2D eigenvalue weighted by Gasteiger charge is -2.36. The van der Waals surface area contributed by atoms with E-state index in [0.717, 1.165) is 14.1 Å². The summed E-state index contributed by atoms with van der Waals surface area (Å²) in [7, 11) is -3.88. The third kappa shape index (κ3) is 4.83. The molecule has 0 radical (unpaired) electrons. The molecule has 1 aliphatic rings. The summed E-state index contributed by atoms with van der Waals surface area (Å²) in [5.41, 5.74) is 1.04. The summed E-state index contributed by atoms with van der Waals surface area (Å²) in [5.74, 6) is 0. The topological polar surface area (TPSA) is 88.9 Å². The Bertz CT molecular complexity index is 1340. The van der Waals surface area contributed by atoms with Crippen LogP contribution >= 0.6 is 15.9 Å². The molecule has 1 aromatic heterocycles. The van der Waals surface area contributed by atoms with Gasteiger partial charge in [-0.25, -0.2) is 17.2 Å². The normalized spacial score (nSPS) is 14.9. The largest absolute Gasteiger partial charge is 0.444 e. The molecule has 0 saturated carbocycles. The Labute approximate surface area is 207 Å². The summed E-state index contributed by atoms with van der Waals surface area (Å²) >= 11 is 3.31. The van der Waals surface area contributed by atoms with Crippen LogP contribution in [0.1, 0.15) is 31.1 Å². The van der Waals surface area contributed by atoms with Crippen molar-refractivity contribution in [3.05, 3.63) is 58.7 Å². The zero-order chi connectivity index (χ0) is 24.7. The van der Waals surface area contributed by atoms with Crippen LogP contribution in [0.25, 0.3) is 10.9 Å². The van der Waals surface area contributed by atoms with Gasteiger partial charge >= 0.3 is 6.09 Å². The maximum Gasteiger partial charge on any atom is 0.410 e. The minimum atomic E-state index is -3.88. The highest BCUT2D eigenvalue weighted by Gasteiger charge is 2.27. The molecule has 0 spiro atoms. The van der Waals surface area contributed by atoms with Crippen LogP contribution in [0.4, 0.5) is 10.5 Å². The molecule has 10 heteroatoms. The molecule has 1 aliphatic heterocycles. The Morgan fingerprint density at radius 3 is 2.26 bits per heavy atom. The van der Waals surface area contributed by atoms with E-state index in [1.807, 2.05) is 32.9 Å². The molecule has 1 amide bonds. The number of ether oxygens (including phenoxy) is 1. The van der Waals surface area contributed by atoms with Gasteiger partial charge < -0.3 is 14.5 Å². The first-order chi connectivity index (χ1) is 16.0. The van der Waals surface area contributed by atoms with Gasteiger partial charge in [0.2, 0.25) is 0 Å². The van der Waals surface area contributed by atoms with Gasteiger partial charge in [0, 0.05) is 53.5 Å². The quantitative estimate of drug-likeness (QED) is 0.446. The number of halogens is 1. The number of amides is 1. The number of rotatable bonds is 4. The fourth-order valence-corrected chi connectivity index (χ4v) is 5.54. The second-order valence-electron chi connectivity index (χ2n) is 9.11. The number of piperazine rings is 1. The number of benzene rings is 2. The molecule has 2 aromatic carbocycles. The number of anilines is 1. The summed E-state index contributed by atoms with van der Waals surface area (Å²) < 4.78 is 33.9. The van der Waals surface area contributed by atoms with Crippen molar-refractivity contribution in [3.8, 4) is 0 Å². The summed E-state index contributed by atoms with van der Waals surface area (Å²) in [6.07, 6.45) is 1.69. The van der Waals surface area contributed by atoms with E-state index in [2.05, 4.69) is 20.8 Å². The number of hydrogen-bond acceptors (Lipinski definition) is 6. The predicted octanol–water partition coefficient (Wildman–Crippen LogP) is 4.51. The number of aromatic nitrogens is 1. The summed E-state index contributed by atoms with van der Waals surface area (Å²) in [6, 6.07) is 11.7. The smallest absolute Gasteiger partial charge is 0.410 e. The first kappa shape index (κ1) is 24.3.